The second-order valence-electron chi connectivity index (χ2n) is 5.94. The molecule has 20 heavy (non-hydrogen) atoms. The summed E-state index contributed by atoms with van der Waals surface area (Å²) in [5, 5.41) is 0. The third-order valence-corrected chi connectivity index (χ3v) is 4.29. The average Bonchev–Trinajstić information content (AvgIpc) is 2.47. The number of likely N-dealkylation sites (N-methyl/N-ethyl adjacent to an activating group) is 1. The molecule has 2 aromatic rings. The summed E-state index contributed by atoms with van der Waals surface area (Å²) in [6, 6.07) is 18.5. The molecule has 0 fully saturated rings. The van der Waals surface area contributed by atoms with Crippen molar-refractivity contribution < 1.29 is 4.79 Å². The highest BCUT2D eigenvalue weighted by atomic mass is 16.2. The molecule has 2 nitrogen and oxygen atoms in total. The lowest BCUT2D eigenvalue weighted by Gasteiger charge is -2.43. The van der Waals surface area contributed by atoms with Crippen molar-refractivity contribution in [2.24, 2.45) is 0 Å². The number of carbonyl (C=O) groups excluding carboxylic acids is 1. The van der Waals surface area contributed by atoms with Gasteiger partial charge in [-0.3, -0.25) is 4.79 Å². The molecule has 3 rings (SSSR count). The highest BCUT2D eigenvalue weighted by Gasteiger charge is 2.43. The largest absolute Gasteiger partial charge is 0.334 e. The number of rotatable bonds is 1. The first-order chi connectivity index (χ1) is 9.53. The van der Waals surface area contributed by atoms with Crippen LogP contribution >= 0.6 is 0 Å². The zero-order valence-electron chi connectivity index (χ0n) is 12.1. The molecule has 0 saturated heterocycles. The summed E-state index contributed by atoms with van der Waals surface area (Å²) < 4.78 is 0. The predicted octanol–water partition coefficient (Wildman–Crippen LogP) is 3.53. The Labute approximate surface area is 120 Å². The van der Waals surface area contributed by atoms with Gasteiger partial charge in [-0.15, -0.1) is 0 Å². The summed E-state index contributed by atoms with van der Waals surface area (Å²) in [7, 11) is 1.90. The van der Waals surface area contributed by atoms with E-state index in [4.69, 9.17) is 0 Å². The SMILES string of the molecule is CN1C(=O)C(C)(C)c2ccccc2[C@@H]1c1ccccc1. The van der Waals surface area contributed by atoms with Crippen molar-refractivity contribution in [3.8, 4) is 0 Å². The maximum atomic E-state index is 12.7. The minimum atomic E-state index is -0.462. The van der Waals surface area contributed by atoms with Gasteiger partial charge in [0.25, 0.3) is 0 Å². The summed E-state index contributed by atoms with van der Waals surface area (Å²) in [5.41, 5.74) is 3.06. The fourth-order valence-electron chi connectivity index (χ4n) is 3.23. The first-order valence-electron chi connectivity index (χ1n) is 6.95. The highest BCUT2D eigenvalue weighted by molar-refractivity contribution is 5.90. The summed E-state index contributed by atoms with van der Waals surface area (Å²) in [6.07, 6.45) is 0. The molecule has 2 aromatic carbocycles. The number of nitrogens with zero attached hydrogens (tertiary/aromatic N) is 1. The predicted molar refractivity (Wildman–Crippen MR) is 80.5 cm³/mol. The van der Waals surface area contributed by atoms with Crippen LogP contribution in [0.4, 0.5) is 0 Å². The smallest absolute Gasteiger partial charge is 0.233 e. The van der Waals surface area contributed by atoms with Crippen LogP contribution in [0.2, 0.25) is 0 Å². The monoisotopic (exact) mass is 265 g/mol. The lowest BCUT2D eigenvalue weighted by molar-refractivity contribution is -0.137. The number of hydrogen-bond acceptors (Lipinski definition) is 1. The van der Waals surface area contributed by atoms with E-state index in [-0.39, 0.29) is 11.9 Å². The Morgan fingerprint density at radius 1 is 0.950 bits per heavy atom. The Hall–Kier alpha value is -2.09. The van der Waals surface area contributed by atoms with Gasteiger partial charge in [0.2, 0.25) is 5.91 Å². The Balaban J connectivity index is 2.23. The fraction of sp³-hybridized carbons (Fsp3) is 0.278. The van der Waals surface area contributed by atoms with Crippen LogP contribution in [0.3, 0.4) is 0 Å². The first-order valence-corrected chi connectivity index (χ1v) is 6.95. The van der Waals surface area contributed by atoms with Gasteiger partial charge in [0.1, 0.15) is 0 Å². The molecule has 0 N–H and O–H groups in total. The number of amides is 1. The quantitative estimate of drug-likeness (QED) is 0.772. The van der Waals surface area contributed by atoms with Gasteiger partial charge >= 0.3 is 0 Å². The molecule has 1 aliphatic rings. The lowest BCUT2D eigenvalue weighted by Crippen LogP contribution is -2.48. The van der Waals surface area contributed by atoms with E-state index < -0.39 is 5.41 Å². The van der Waals surface area contributed by atoms with Crippen LogP contribution in [0.1, 0.15) is 36.6 Å². The molecule has 0 saturated carbocycles. The maximum absolute atomic E-state index is 12.7. The molecule has 0 spiro atoms. The van der Waals surface area contributed by atoms with Gasteiger partial charge in [0, 0.05) is 7.05 Å². The molecule has 2 heteroatoms. The summed E-state index contributed by atoms with van der Waals surface area (Å²) in [5.74, 6) is 0.171. The second kappa shape index (κ2) is 4.48. The van der Waals surface area contributed by atoms with E-state index in [9.17, 15) is 4.79 Å². The minimum Gasteiger partial charge on any atom is -0.334 e. The number of carbonyl (C=O) groups is 1. The standard InChI is InChI=1S/C18H19NO/c1-18(2)15-12-8-7-11-14(15)16(19(3)17(18)20)13-9-5-4-6-10-13/h4-12,16H,1-3H3/t16-/m0/s1. The summed E-state index contributed by atoms with van der Waals surface area (Å²) >= 11 is 0. The van der Waals surface area contributed by atoms with Crippen LogP contribution in [-0.4, -0.2) is 17.9 Å². The number of fused-ring (bicyclic) bond motifs is 1. The zero-order valence-corrected chi connectivity index (χ0v) is 12.1. The van der Waals surface area contributed by atoms with Gasteiger partial charge in [-0.25, -0.2) is 0 Å². The average molecular weight is 265 g/mol. The molecule has 1 atom stereocenters. The van der Waals surface area contributed by atoms with Crippen LogP contribution in [0.15, 0.2) is 54.6 Å². The van der Waals surface area contributed by atoms with E-state index in [2.05, 4.69) is 30.3 Å². The van der Waals surface area contributed by atoms with Crippen molar-refractivity contribution >= 4 is 5.91 Å². The third kappa shape index (κ3) is 1.75. The van der Waals surface area contributed by atoms with Crippen LogP contribution in [0.25, 0.3) is 0 Å². The summed E-state index contributed by atoms with van der Waals surface area (Å²) in [6.45, 7) is 4.01. The van der Waals surface area contributed by atoms with Crippen LogP contribution < -0.4 is 0 Å². The van der Waals surface area contributed by atoms with Crippen LogP contribution in [-0.2, 0) is 10.2 Å². The number of benzene rings is 2. The lowest BCUT2D eigenvalue weighted by atomic mass is 9.74. The van der Waals surface area contributed by atoms with E-state index in [1.807, 2.05) is 50.1 Å². The Morgan fingerprint density at radius 3 is 2.25 bits per heavy atom. The molecular formula is C18H19NO. The first kappa shape index (κ1) is 12.9. The molecule has 0 unspecified atom stereocenters. The Kier molecular flexibility index (Phi) is 2.89. The van der Waals surface area contributed by atoms with E-state index in [1.54, 1.807) is 0 Å². The molecule has 1 heterocycles. The maximum Gasteiger partial charge on any atom is 0.233 e. The topological polar surface area (TPSA) is 20.3 Å². The highest BCUT2D eigenvalue weighted by Crippen LogP contribution is 2.42. The molecule has 1 amide bonds. The van der Waals surface area contributed by atoms with E-state index in [0.29, 0.717) is 0 Å². The molecule has 0 bridgehead atoms. The molecule has 0 radical (unpaired) electrons. The van der Waals surface area contributed by atoms with Gasteiger partial charge in [0.15, 0.2) is 0 Å². The van der Waals surface area contributed by atoms with Crippen LogP contribution in [0, 0.1) is 0 Å². The second-order valence-corrected chi connectivity index (χ2v) is 5.94. The zero-order chi connectivity index (χ0) is 14.3. The van der Waals surface area contributed by atoms with Gasteiger partial charge < -0.3 is 4.90 Å². The van der Waals surface area contributed by atoms with Crippen molar-refractivity contribution in [2.45, 2.75) is 25.3 Å². The van der Waals surface area contributed by atoms with E-state index in [0.717, 1.165) is 11.1 Å². The molecule has 102 valence electrons. The Bertz CT molecular complexity index is 645. The van der Waals surface area contributed by atoms with Gasteiger partial charge in [-0.1, -0.05) is 54.6 Å². The van der Waals surface area contributed by atoms with E-state index >= 15 is 0 Å². The molecule has 1 aliphatic heterocycles. The number of hydrogen-bond donors (Lipinski definition) is 0. The van der Waals surface area contributed by atoms with Crippen molar-refractivity contribution in [3.05, 3.63) is 71.3 Å². The molecular weight excluding hydrogens is 246 g/mol. The Morgan fingerprint density at radius 2 is 1.55 bits per heavy atom. The molecule has 0 aromatic heterocycles. The van der Waals surface area contributed by atoms with Crippen molar-refractivity contribution in [1.82, 2.24) is 4.90 Å². The van der Waals surface area contributed by atoms with Crippen molar-refractivity contribution in [3.63, 3.8) is 0 Å². The van der Waals surface area contributed by atoms with Gasteiger partial charge in [-0.2, -0.15) is 0 Å². The van der Waals surface area contributed by atoms with E-state index in [1.165, 1.54) is 5.56 Å². The van der Waals surface area contributed by atoms with Gasteiger partial charge in [-0.05, 0) is 30.5 Å². The van der Waals surface area contributed by atoms with Crippen molar-refractivity contribution in [1.29, 1.82) is 0 Å². The normalized spacial score (nSPS) is 20.6. The minimum absolute atomic E-state index is 0.00734. The fourth-order valence-corrected chi connectivity index (χ4v) is 3.23. The summed E-state index contributed by atoms with van der Waals surface area (Å²) in [4.78, 5) is 14.6. The van der Waals surface area contributed by atoms with Gasteiger partial charge in [0.05, 0.1) is 11.5 Å². The van der Waals surface area contributed by atoms with Crippen LogP contribution in [0.5, 0.6) is 0 Å². The third-order valence-electron chi connectivity index (χ3n) is 4.29. The molecule has 0 aliphatic carbocycles. The van der Waals surface area contributed by atoms with Crippen molar-refractivity contribution in [2.75, 3.05) is 7.05 Å².